The lowest BCUT2D eigenvalue weighted by atomic mass is 10.1. The predicted octanol–water partition coefficient (Wildman–Crippen LogP) is 7.20. The number of imide groups is 1. The molecule has 168 valence electrons. The lowest BCUT2D eigenvalue weighted by Crippen LogP contribution is -2.27. The van der Waals surface area contributed by atoms with Crippen LogP contribution in [0.4, 0.5) is 13.6 Å². The number of hydrogen-bond acceptors (Lipinski definition) is 4. The third-order valence-corrected chi connectivity index (χ3v) is 6.61. The van der Waals surface area contributed by atoms with E-state index < -0.39 is 22.8 Å². The average Bonchev–Trinajstić information content (AvgIpc) is 3.03. The van der Waals surface area contributed by atoms with Gasteiger partial charge in [0.15, 0.2) is 0 Å². The van der Waals surface area contributed by atoms with Crippen molar-refractivity contribution >= 4 is 56.5 Å². The molecule has 0 aliphatic carbocycles. The van der Waals surface area contributed by atoms with Crippen molar-refractivity contribution in [3.05, 3.63) is 103 Å². The summed E-state index contributed by atoms with van der Waals surface area (Å²) in [5.74, 6) is -1.14. The summed E-state index contributed by atoms with van der Waals surface area (Å²) >= 11 is 10.2. The number of rotatable bonds is 6. The van der Waals surface area contributed by atoms with Crippen LogP contribution >= 0.6 is 39.3 Å². The van der Waals surface area contributed by atoms with Gasteiger partial charge in [0.05, 0.1) is 16.5 Å². The van der Waals surface area contributed by atoms with E-state index in [2.05, 4.69) is 15.9 Å². The summed E-state index contributed by atoms with van der Waals surface area (Å²) in [6.45, 7) is -0.287. The second-order valence-electron chi connectivity index (χ2n) is 7.03. The molecule has 33 heavy (non-hydrogen) atoms. The predicted molar refractivity (Wildman–Crippen MR) is 128 cm³/mol. The van der Waals surface area contributed by atoms with Crippen molar-refractivity contribution in [3.63, 3.8) is 0 Å². The van der Waals surface area contributed by atoms with Gasteiger partial charge in [-0.3, -0.25) is 14.5 Å². The highest BCUT2D eigenvalue weighted by molar-refractivity contribution is 9.10. The maximum atomic E-state index is 14.1. The monoisotopic (exact) mass is 549 g/mol. The lowest BCUT2D eigenvalue weighted by molar-refractivity contribution is -0.123. The van der Waals surface area contributed by atoms with E-state index in [1.807, 2.05) is 0 Å². The van der Waals surface area contributed by atoms with E-state index in [1.165, 1.54) is 36.4 Å². The number of benzene rings is 3. The molecule has 0 aromatic heterocycles. The zero-order chi connectivity index (χ0) is 23.5. The van der Waals surface area contributed by atoms with E-state index in [0.29, 0.717) is 11.3 Å². The molecule has 4 nitrogen and oxygen atoms in total. The fourth-order valence-electron chi connectivity index (χ4n) is 3.16. The molecule has 2 amide bonds. The number of halogens is 4. The van der Waals surface area contributed by atoms with E-state index in [1.54, 1.807) is 30.3 Å². The van der Waals surface area contributed by atoms with Gasteiger partial charge in [0.1, 0.15) is 24.0 Å². The third-order valence-electron chi connectivity index (χ3n) is 4.85. The molecule has 1 aliphatic rings. The first-order valence-electron chi connectivity index (χ1n) is 9.67. The second-order valence-corrected chi connectivity index (χ2v) is 9.35. The molecule has 0 saturated carbocycles. The first-order valence-corrected chi connectivity index (χ1v) is 11.7. The normalized spacial score (nSPS) is 14.9. The Labute approximate surface area is 206 Å². The van der Waals surface area contributed by atoms with Gasteiger partial charge in [-0.1, -0.05) is 51.8 Å². The Hall–Kier alpha value is -2.68. The zero-order valence-corrected chi connectivity index (χ0v) is 20.0. The Kier molecular flexibility index (Phi) is 7.17. The van der Waals surface area contributed by atoms with Crippen molar-refractivity contribution in [2.75, 3.05) is 0 Å². The Morgan fingerprint density at radius 3 is 2.55 bits per heavy atom. The molecule has 0 unspecified atom stereocenters. The smallest absolute Gasteiger partial charge is 0.293 e. The van der Waals surface area contributed by atoms with Gasteiger partial charge >= 0.3 is 0 Å². The van der Waals surface area contributed by atoms with Crippen LogP contribution in [-0.4, -0.2) is 16.0 Å². The molecule has 0 spiro atoms. The van der Waals surface area contributed by atoms with Gasteiger partial charge in [0.25, 0.3) is 11.1 Å². The van der Waals surface area contributed by atoms with E-state index in [4.69, 9.17) is 16.3 Å². The van der Waals surface area contributed by atoms with Crippen LogP contribution in [0.5, 0.6) is 5.75 Å². The van der Waals surface area contributed by atoms with Gasteiger partial charge in [-0.05, 0) is 54.2 Å². The minimum Gasteiger partial charge on any atom is -0.488 e. The molecule has 1 fully saturated rings. The number of amides is 2. The standard InChI is InChI=1S/C24H15BrClF2NO3S/c25-16-8-9-21(32-13-17-18(26)5-3-7-20(17)28)15(10-16)11-22-23(30)29(24(31)33-22)12-14-4-1-2-6-19(14)27/h1-11H,12-13H2/b22-11-. The van der Waals surface area contributed by atoms with Gasteiger partial charge < -0.3 is 4.74 Å². The van der Waals surface area contributed by atoms with Gasteiger partial charge in [-0.2, -0.15) is 0 Å². The number of nitrogens with zero attached hydrogens (tertiary/aromatic N) is 1. The first-order chi connectivity index (χ1) is 15.8. The molecule has 0 radical (unpaired) electrons. The molecule has 9 heteroatoms. The summed E-state index contributed by atoms with van der Waals surface area (Å²) < 4.78 is 34.6. The van der Waals surface area contributed by atoms with Crippen LogP contribution in [0.15, 0.2) is 70.0 Å². The molecule has 1 heterocycles. The van der Waals surface area contributed by atoms with Crippen molar-refractivity contribution < 1.29 is 23.1 Å². The van der Waals surface area contributed by atoms with Gasteiger partial charge in [0, 0.05) is 21.2 Å². The van der Waals surface area contributed by atoms with Crippen molar-refractivity contribution in [1.29, 1.82) is 0 Å². The summed E-state index contributed by atoms with van der Waals surface area (Å²) in [4.78, 5) is 26.5. The van der Waals surface area contributed by atoms with Crippen molar-refractivity contribution in [2.24, 2.45) is 0 Å². The molecule has 3 aromatic rings. The van der Waals surface area contributed by atoms with Crippen molar-refractivity contribution in [2.45, 2.75) is 13.2 Å². The summed E-state index contributed by atoms with van der Waals surface area (Å²) in [6.07, 6.45) is 1.52. The average molecular weight is 551 g/mol. The Morgan fingerprint density at radius 1 is 1.03 bits per heavy atom. The summed E-state index contributed by atoms with van der Waals surface area (Å²) in [5, 5.41) is -0.256. The summed E-state index contributed by atoms with van der Waals surface area (Å²) in [5.41, 5.74) is 0.959. The van der Waals surface area contributed by atoms with Crippen LogP contribution in [0.2, 0.25) is 5.02 Å². The maximum absolute atomic E-state index is 14.1. The highest BCUT2D eigenvalue weighted by Gasteiger charge is 2.35. The number of ether oxygens (including phenoxy) is 1. The molecule has 0 atom stereocenters. The number of thioether (sulfide) groups is 1. The Bertz CT molecular complexity index is 1260. The van der Waals surface area contributed by atoms with Crippen LogP contribution in [0.1, 0.15) is 16.7 Å². The molecule has 1 aliphatic heterocycles. The van der Waals surface area contributed by atoms with E-state index in [0.717, 1.165) is 21.1 Å². The van der Waals surface area contributed by atoms with Crippen molar-refractivity contribution in [3.8, 4) is 5.75 Å². The maximum Gasteiger partial charge on any atom is 0.293 e. The highest BCUT2D eigenvalue weighted by atomic mass is 79.9. The van der Waals surface area contributed by atoms with E-state index in [-0.39, 0.29) is 34.2 Å². The van der Waals surface area contributed by atoms with Gasteiger partial charge in [-0.25, -0.2) is 8.78 Å². The quantitative estimate of drug-likeness (QED) is 0.305. The molecule has 3 aromatic carbocycles. The molecule has 0 N–H and O–H groups in total. The van der Waals surface area contributed by atoms with Crippen molar-refractivity contribution in [1.82, 2.24) is 4.90 Å². The van der Waals surface area contributed by atoms with E-state index in [9.17, 15) is 18.4 Å². The van der Waals surface area contributed by atoms with Crippen LogP contribution in [0.3, 0.4) is 0 Å². The largest absolute Gasteiger partial charge is 0.488 e. The minimum absolute atomic E-state index is 0.122. The molecular weight excluding hydrogens is 536 g/mol. The number of carbonyl (C=O) groups is 2. The van der Waals surface area contributed by atoms with E-state index >= 15 is 0 Å². The Morgan fingerprint density at radius 2 is 1.79 bits per heavy atom. The molecule has 4 rings (SSSR count). The van der Waals surface area contributed by atoms with Gasteiger partial charge in [0.2, 0.25) is 0 Å². The lowest BCUT2D eigenvalue weighted by Gasteiger charge is -2.13. The molecule has 0 bridgehead atoms. The second kappa shape index (κ2) is 10.1. The zero-order valence-electron chi connectivity index (χ0n) is 16.9. The Balaban J connectivity index is 1.58. The summed E-state index contributed by atoms with van der Waals surface area (Å²) in [7, 11) is 0. The molecular formula is C24H15BrClF2NO3S. The van der Waals surface area contributed by atoms with Crippen LogP contribution in [0.25, 0.3) is 6.08 Å². The van der Waals surface area contributed by atoms with Crippen LogP contribution < -0.4 is 4.74 Å². The van der Waals surface area contributed by atoms with Crippen LogP contribution in [0, 0.1) is 11.6 Å². The number of hydrogen-bond donors (Lipinski definition) is 0. The molecule has 1 saturated heterocycles. The minimum atomic E-state index is -0.531. The third kappa shape index (κ3) is 5.29. The first kappa shape index (κ1) is 23.5. The fourth-order valence-corrected chi connectivity index (χ4v) is 4.58. The van der Waals surface area contributed by atoms with Gasteiger partial charge in [-0.15, -0.1) is 0 Å². The fraction of sp³-hybridized carbons (Fsp3) is 0.0833. The summed E-state index contributed by atoms with van der Waals surface area (Å²) in [6, 6.07) is 15.4. The van der Waals surface area contributed by atoms with Crippen LogP contribution in [-0.2, 0) is 17.9 Å². The number of carbonyl (C=O) groups excluding carboxylic acids is 2. The highest BCUT2D eigenvalue weighted by Crippen LogP contribution is 2.36. The SMILES string of the molecule is O=C1S/C(=C\c2cc(Br)ccc2OCc2c(F)cccc2Cl)C(=O)N1Cc1ccccc1F. The topological polar surface area (TPSA) is 46.6 Å².